The molecule has 3 nitrogen and oxygen atoms in total. The Morgan fingerprint density at radius 1 is 1.31 bits per heavy atom. The van der Waals surface area contributed by atoms with Crippen molar-refractivity contribution in [1.29, 1.82) is 0 Å². The molecule has 16 heavy (non-hydrogen) atoms. The smallest absolute Gasteiger partial charge is 0.338 e. The van der Waals surface area contributed by atoms with Crippen molar-refractivity contribution in [2.75, 3.05) is 12.8 Å². The van der Waals surface area contributed by atoms with E-state index in [2.05, 4.69) is 15.9 Å². The third-order valence-electron chi connectivity index (χ3n) is 2.42. The second kappa shape index (κ2) is 4.14. The summed E-state index contributed by atoms with van der Waals surface area (Å²) in [4.78, 5) is 11.6. The maximum absolute atomic E-state index is 11.6. The van der Waals surface area contributed by atoms with E-state index in [0.29, 0.717) is 11.3 Å². The highest BCUT2D eigenvalue weighted by Gasteiger charge is 2.13. The molecule has 2 aromatic carbocycles. The number of methoxy groups -OCH3 is 1. The molecule has 0 aromatic heterocycles. The lowest BCUT2D eigenvalue weighted by Crippen LogP contribution is -2.03. The van der Waals surface area contributed by atoms with E-state index in [-0.39, 0.29) is 5.97 Å². The third-order valence-corrected chi connectivity index (χ3v) is 3.12. The largest absolute Gasteiger partial charge is 0.465 e. The van der Waals surface area contributed by atoms with Crippen molar-refractivity contribution in [2.45, 2.75) is 0 Å². The first kappa shape index (κ1) is 11.0. The summed E-state index contributed by atoms with van der Waals surface area (Å²) >= 11 is 3.43. The Morgan fingerprint density at radius 2 is 2.06 bits per heavy atom. The number of nitrogen functional groups attached to an aromatic ring is 1. The van der Waals surface area contributed by atoms with Crippen molar-refractivity contribution in [2.24, 2.45) is 0 Å². The van der Waals surface area contributed by atoms with Crippen LogP contribution in [0.2, 0.25) is 0 Å². The number of fused-ring (bicyclic) bond motifs is 1. The zero-order chi connectivity index (χ0) is 11.7. The molecule has 0 heterocycles. The molecule has 0 atom stereocenters. The maximum atomic E-state index is 11.6. The van der Waals surface area contributed by atoms with E-state index in [4.69, 9.17) is 10.5 Å². The Bertz CT molecular complexity index is 566. The Balaban J connectivity index is 2.86. The molecular weight excluding hydrogens is 270 g/mol. The van der Waals surface area contributed by atoms with Gasteiger partial charge in [0.25, 0.3) is 0 Å². The van der Waals surface area contributed by atoms with Gasteiger partial charge in [-0.2, -0.15) is 0 Å². The first-order valence-corrected chi connectivity index (χ1v) is 5.49. The van der Waals surface area contributed by atoms with Crippen LogP contribution in [0.3, 0.4) is 0 Å². The van der Waals surface area contributed by atoms with Crippen LogP contribution in [0.4, 0.5) is 5.69 Å². The Morgan fingerprint density at radius 3 is 2.75 bits per heavy atom. The molecule has 2 rings (SSSR count). The first-order valence-electron chi connectivity index (χ1n) is 4.70. The summed E-state index contributed by atoms with van der Waals surface area (Å²) in [5.74, 6) is -0.379. The van der Waals surface area contributed by atoms with Crippen LogP contribution in [0.1, 0.15) is 10.4 Å². The first-order chi connectivity index (χ1) is 7.65. The van der Waals surface area contributed by atoms with Gasteiger partial charge in [-0.1, -0.05) is 28.1 Å². The van der Waals surface area contributed by atoms with Crippen LogP contribution in [0.15, 0.2) is 34.8 Å². The molecule has 2 N–H and O–H groups in total. The van der Waals surface area contributed by atoms with Crippen LogP contribution in [-0.4, -0.2) is 13.1 Å². The Kier molecular flexibility index (Phi) is 2.83. The lowest BCUT2D eigenvalue weighted by atomic mass is 10.0. The number of benzene rings is 2. The molecule has 0 bridgehead atoms. The average Bonchev–Trinajstić information content (AvgIpc) is 2.32. The van der Waals surface area contributed by atoms with Crippen molar-refractivity contribution >= 4 is 38.4 Å². The molecule has 4 heteroatoms. The number of ether oxygens (including phenoxy) is 1. The number of carbonyl (C=O) groups is 1. The van der Waals surface area contributed by atoms with Gasteiger partial charge in [0.05, 0.1) is 12.7 Å². The maximum Gasteiger partial charge on any atom is 0.338 e. The molecule has 0 aliphatic rings. The fourth-order valence-electron chi connectivity index (χ4n) is 1.68. The zero-order valence-electron chi connectivity index (χ0n) is 8.66. The van der Waals surface area contributed by atoms with Crippen LogP contribution in [0.25, 0.3) is 10.8 Å². The van der Waals surface area contributed by atoms with Gasteiger partial charge in [0.15, 0.2) is 0 Å². The van der Waals surface area contributed by atoms with Gasteiger partial charge in [0.2, 0.25) is 0 Å². The highest BCUT2D eigenvalue weighted by atomic mass is 79.9. The zero-order valence-corrected chi connectivity index (χ0v) is 10.2. The number of anilines is 1. The summed E-state index contributed by atoms with van der Waals surface area (Å²) in [5, 5.41) is 1.63. The number of halogens is 1. The molecule has 0 unspecified atom stereocenters. The van der Waals surface area contributed by atoms with Gasteiger partial charge in [0.1, 0.15) is 0 Å². The van der Waals surface area contributed by atoms with E-state index in [1.165, 1.54) is 7.11 Å². The molecule has 0 amide bonds. The highest BCUT2D eigenvalue weighted by molar-refractivity contribution is 9.10. The van der Waals surface area contributed by atoms with Gasteiger partial charge in [-0.3, -0.25) is 0 Å². The summed E-state index contributed by atoms with van der Waals surface area (Å²) < 4.78 is 5.63. The Hall–Kier alpha value is -1.55. The number of nitrogens with two attached hydrogens (primary N) is 1. The summed E-state index contributed by atoms with van der Waals surface area (Å²) in [6, 6.07) is 9.04. The molecule has 0 aliphatic heterocycles. The summed E-state index contributed by atoms with van der Waals surface area (Å²) in [6.45, 7) is 0. The molecule has 82 valence electrons. The predicted molar refractivity (Wildman–Crippen MR) is 67.4 cm³/mol. The second-order valence-corrected chi connectivity index (χ2v) is 4.21. The van der Waals surface area contributed by atoms with Crippen molar-refractivity contribution in [3.8, 4) is 0 Å². The van der Waals surface area contributed by atoms with E-state index in [1.807, 2.05) is 12.1 Å². The van der Waals surface area contributed by atoms with Crippen molar-refractivity contribution in [1.82, 2.24) is 0 Å². The fourth-order valence-corrected chi connectivity index (χ4v) is 2.14. The monoisotopic (exact) mass is 279 g/mol. The van der Waals surface area contributed by atoms with Crippen LogP contribution >= 0.6 is 15.9 Å². The lowest BCUT2D eigenvalue weighted by Gasteiger charge is -2.08. The number of hydrogen-bond acceptors (Lipinski definition) is 3. The molecule has 2 aromatic rings. The van der Waals surface area contributed by atoms with Gasteiger partial charge in [0, 0.05) is 15.5 Å². The summed E-state index contributed by atoms with van der Waals surface area (Å²) in [5.41, 5.74) is 6.94. The minimum Gasteiger partial charge on any atom is -0.465 e. The van der Waals surface area contributed by atoms with Crippen LogP contribution in [0.5, 0.6) is 0 Å². The lowest BCUT2D eigenvalue weighted by molar-refractivity contribution is 0.0603. The fraction of sp³-hybridized carbons (Fsp3) is 0.0833. The summed E-state index contributed by atoms with van der Waals surface area (Å²) in [7, 11) is 1.36. The van der Waals surface area contributed by atoms with Crippen molar-refractivity contribution < 1.29 is 9.53 Å². The number of hydrogen-bond donors (Lipinski definition) is 1. The van der Waals surface area contributed by atoms with E-state index >= 15 is 0 Å². The molecule has 0 saturated carbocycles. The normalized spacial score (nSPS) is 10.4. The summed E-state index contributed by atoms with van der Waals surface area (Å²) in [6.07, 6.45) is 0. The standard InChI is InChI=1S/C12H10BrNO2/c1-16-12(15)8-4-2-3-7-9(13)5-6-10(14)11(7)8/h2-6H,14H2,1H3. The van der Waals surface area contributed by atoms with Crippen molar-refractivity contribution in [3.63, 3.8) is 0 Å². The molecule has 0 fully saturated rings. The van der Waals surface area contributed by atoms with E-state index in [1.54, 1.807) is 18.2 Å². The van der Waals surface area contributed by atoms with Gasteiger partial charge in [-0.25, -0.2) is 4.79 Å². The number of esters is 1. The van der Waals surface area contributed by atoms with E-state index in [9.17, 15) is 4.79 Å². The minimum absolute atomic E-state index is 0.379. The topological polar surface area (TPSA) is 52.3 Å². The van der Waals surface area contributed by atoms with Gasteiger partial charge in [-0.15, -0.1) is 0 Å². The highest BCUT2D eigenvalue weighted by Crippen LogP contribution is 2.31. The van der Waals surface area contributed by atoms with E-state index in [0.717, 1.165) is 15.2 Å². The second-order valence-electron chi connectivity index (χ2n) is 3.36. The molecule has 0 radical (unpaired) electrons. The molecule has 0 saturated heterocycles. The van der Waals surface area contributed by atoms with E-state index < -0.39 is 0 Å². The Labute approximate surface area is 101 Å². The SMILES string of the molecule is COC(=O)c1cccc2c(Br)ccc(N)c12. The minimum atomic E-state index is -0.379. The van der Waals surface area contributed by atoms with Gasteiger partial charge >= 0.3 is 5.97 Å². The third kappa shape index (κ3) is 1.65. The quantitative estimate of drug-likeness (QED) is 0.645. The van der Waals surface area contributed by atoms with Gasteiger partial charge < -0.3 is 10.5 Å². The van der Waals surface area contributed by atoms with Crippen LogP contribution < -0.4 is 5.73 Å². The molecule has 0 spiro atoms. The predicted octanol–water partition coefficient (Wildman–Crippen LogP) is 2.97. The average molecular weight is 280 g/mol. The van der Waals surface area contributed by atoms with Crippen molar-refractivity contribution in [3.05, 3.63) is 40.4 Å². The molecular formula is C12H10BrNO2. The number of rotatable bonds is 1. The van der Waals surface area contributed by atoms with Crippen LogP contribution in [0, 0.1) is 0 Å². The number of carbonyl (C=O) groups excluding carboxylic acids is 1. The van der Waals surface area contributed by atoms with Crippen LogP contribution in [-0.2, 0) is 4.74 Å². The molecule has 0 aliphatic carbocycles. The van der Waals surface area contributed by atoms with Gasteiger partial charge in [-0.05, 0) is 23.6 Å².